The van der Waals surface area contributed by atoms with Crippen LogP contribution in [0.3, 0.4) is 0 Å². The van der Waals surface area contributed by atoms with Crippen molar-refractivity contribution in [3.8, 4) is 0 Å². The highest BCUT2D eigenvalue weighted by molar-refractivity contribution is 7.99. The van der Waals surface area contributed by atoms with Gasteiger partial charge in [-0.2, -0.15) is 0 Å². The van der Waals surface area contributed by atoms with Crippen molar-refractivity contribution < 1.29 is 0 Å². The van der Waals surface area contributed by atoms with Gasteiger partial charge in [-0.05, 0) is 36.4 Å². The van der Waals surface area contributed by atoms with Crippen LogP contribution >= 0.6 is 11.8 Å². The van der Waals surface area contributed by atoms with E-state index in [4.69, 9.17) is 5.73 Å². The van der Waals surface area contributed by atoms with Crippen LogP contribution in [0.2, 0.25) is 0 Å². The number of nitrogens with zero attached hydrogens (tertiary/aromatic N) is 2. The van der Waals surface area contributed by atoms with Crippen LogP contribution in [0.4, 0.5) is 5.82 Å². The Labute approximate surface area is 121 Å². The zero-order chi connectivity index (χ0) is 14.4. The summed E-state index contributed by atoms with van der Waals surface area (Å²) in [6.45, 7) is 3.93. The SMILES string of the molecule is CCCNCc1ccc(Sc2nc(N)cc(=O)[nH]2)nc1. The standard InChI is InChI=1S/C13H17N5OS/c1-2-5-15-7-9-3-4-12(16-8-9)20-13-17-10(14)6-11(19)18-13/h3-4,6,8,15H,2,5,7H2,1H3,(H3,14,17,18,19). The summed E-state index contributed by atoms with van der Waals surface area (Å²) in [5.41, 5.74) is 6.39. The van der Waals surface area contributed by atoms with E-state index in [1.165, 1.54) is 17.8 Å². The molecule has 4 N–H and O–H groups in total. The summed E-state index contributed by atoms with van der Waals surface area (Å²) in [4.78, 5) is 22.3. The van der Waals surface area contributed by atoms with Crippen molar-refractivity contribution in [2.45, 2.75) is 30.1 Å². The number of aromatic amines is 1. The normalized spacial score (nSPS) is 10.7. The topological polar surface area (TPSA) is 96.7 Å². The van der Waals surface area contributed by atoms with E-state index in [9.17, 15) is 4.79 Å². The minimum absolute atomic E-state index is 0.205. The van der Waals surface area contributed by atoms with Crippen LogP contribution in [0.15, 0.2) is 39.4 Å². The van der Waals surface area contributed by atoms with Crippen LogP contribution in [0.1, 0.15) is 18.9 Å². The van der Waals surface area contributed by atoms with E-state index < -0.39 is 0 Å². The summed E-state index contributed by atoms with van der Waals surface area (Å²) in [6, 6.07) is 5.15. The molecular weight excluding hydrogens is 274 g/mol. The summed E-state index contributed by atoms with van der Waals surface area (Å²) in [5, 5.41) is 4.52. The molecule has 2 aromatic heterocycles. The molecule has 2 heterocycles. The molecule has 106 valence electrons. The molecular formula is C13H17N5OS. The van der Waals surface area contributed by atoms with E-state index >= 15 is 0 Å². The van der Waals surface area contributed by atoms with Crippen molar-refractivity contribution in [3.05, 3.63) is 40.3 Å². The lowest BCUT2D eigenvalue weighted by molar-refractivity contribution is 0.673. The second-order valence-corrected chi connectivity index (χ2v) is 5.27. The molecule has 6 nitrogen and oxygen atoms in total. The van der Waals surface area contributed by atoms with Gasteiger partial charge in [-0.25, -0.2) is 9.97 Å². The Kier molecular flexibility index (Phi) is 5.14. The number of aromatic nitrogens is 3. The lowest BCUT2D eigenvalue weighted by Gasteiger charge is -2.04. The minimum Gasteiger partial charge on any atom is -0.383 e. The first kappa shape index (κ1) is 14.5. The summed E-state index contributed by atoms with van der Waals surface area (Å²) < 4.78 is 0. The Morgan fingerprint density at radius 3 is 2.95 bits per heavy atom. The zero-order valence-electron chi connectivity index (χ0n) is 11.2. The molecule has 0 atom stereocenters. The number of hydrogen-bond acceptors (Lipinski definition) is 6. The van der Waals surface area contributed by atoms with Gasteiger partial charge >= 0.3 is 0 Å². The fourth-order valence-corrected chi connectivity index (χ4v) is 2.33. The number of hydrogen-bond donors (Lipinski definition) is 3. The first-order valence-corrected chi connectivity index (χ1v) is 7.19. The third kappa shape index (κ3) is 4.36. The molecule has 0 amide bonds. The van der Waals surface area contributed by atoms with Crippen molar-refractivity contribution in [1.82, 2.24) is 20.3 Å². The van der Waals surface area contributed by atoms with Crippen LogP contribution in [0, 0.1) is 0 Å². The summed E-state index contributed by atoms with van der Waals surface area (Å²) in [6.07, 6.45) is 2.92. The maximum absolute atomic E-state index is 11.3. The van der Waals surface area contributed by atoms with Gasteiger partial charge < -0.3 is 16.0 Å². The monoisotopic (exact) mass is 291 g/mol. The van der Waals surface area contributed by atoms with Gasteiger partial charge in [-0.15, -0.1) is 0 Å². The van der Waals surface area contributed by atoms with Gasteiger partial charge in [0.1, 0.15) is 10.8 Å². The average Bonchev–Trinajstić information content (AvgIpc) is 2.40. The van der Waals surface area contributed by atoms with E-state index in [-0.39, 0.29) is 11.4 Å². The third-order valence-corrected chi connectivity index (χ3v) is 3.33. The van der Waals surface area contributed by atoms with E-state index in [2.05, 4.69) is 27.2 Å². The highest BCUT2D eigenvalue weighted by atomic mass is 32.2. The first-order chi connectivity index (χ1) is 9.67. The predicted molar refractivity (Wildman–Crippen MR) is 79.6 cm³/mol. The lowest BCUT2D eigenvalue weighted by Crippen LogP contribution is -2.13. The number of nitrogen functional groups attached to an aromatic ring is 1. The van der Waals surface area contributed by atoms with Crippen molar-refractivity contribution in [2.75, 3.05) is 12.3 Å². The molecule has 0 spiro atoms. The molecule has 0 aromatic carbocycles. The number of rotatable bonds is 6. The van der Waals surface area contributed by atoms with Crippen molar-refractivity contribution in [2.24, 2.45) is 0 Å². The number of anilines is 1. The Balaban J connectivity index is 2.01. The molecule has 0 bridgehead atoms. The van der Waals surface area contributed by atoms with E-state index in [1.54, 1.807) is 0 Å². The molecule has 0 aliphatic heterocycles. The summed E-state index contributed by atoms with van der Waals surface area (Å²) in [7, 11) is 0. The molecule has 0 saturated carbocycles. The van der Waals surface area contributed by atoms with Crippen LogP contribution in [0.5, 0.6) is 0 Å². The Morgan fingerprint density at radius 2 is 2.30 bits per heavy atom. The Morgan fingerprint density at radius 1 is 1.45 bits per heavy atom. The van der Waals surface area contributed by atoms with Gasteiger partial charge in [0.15, 0.2) is 5.16 Å². The quantitative estimate of drug-likeness (QED) is 0.550. The molecule has 0 fully saturated rings. The van der Waals surface area contributed by atoms with Crippen molar-refractivity contribution in [3.63, 3.8) is 0 Å². The molecule has 2 aromatic rings. The highest BCUT2D eigenvalue weighted by Gasteiger charge is 2.03. The molecule has 0 unspecified atom stereocenters. The smallest absolute Gasteiger partial charge is 0.253 e. The van der Waals surface area contributed by atoms with E-state index in [0.717, 1.165) is 30.1 Å². The maximum atomic E-state index is 11.3. The first-order valence-electron chi connectivity index (χ1n) is 6.37. The van der Waals surface area contributed by atoms with Gasteiger partial charge in [-0.1, -0.05) is 13.0 Å². The van der Waals surface area contributed by atoms with Crippen LogP contribution in [0.25, 0.3) is 0 Å². The van der Waals surface area contributed by atoms with Gasteiger partial charge in [0.2, 0.25) is 0 Å². The molecule has 7 heteroatoms. The van der Waals surface area contributed by atoms with Gasteiger partial charge in [0, 0.05) is 18.8 Å². The van der Waals surface area contributed by atoms with Crippen LogP contribution in [-0.2, 0) is 6.54 Å². The summed E-state index contributed by atoms with van der Waals surface area (Å²) >= 11 is 1.27. The zero-order valence-corrected chi connectivity index (χ0v) is 12.0. The lowest BCUT2D eigenvalue weighted by atomic mass is 10.3. The Bertz CT molecular complexity index is 611. The van der Waals surface area contributed by atoms with Gasteiger partial charge in [-0.3, -0.25) is 4.79 Å². The highest BCUT2D eigenvalue weighted by Crippen LogP contribution is 2.21. The maximum Gasteiger partial charge on any atom is 0.253 e. The fourth-order valence-electron chi connectivity index (χ4n) is 1.59. The minimum atomic E-state index is -0.264. The molecule has 0 aliphatic rings. The average molecular weight is 291 g/mol. The Hall–Kier alpha value is -1.86. The number of pyridine rings is 1. The number of H-pyrrole nitrogens is 1. The van der Waals surface area contributed by atoms with Gasteiger partial charge in [0.25, 0.3) is 5.56 Å². The molecule has 0 radical (unpaired) electrons. The van der Waals surface area contributed by atoms with Crippen LogP contribution in [-0.4, -0.2) is 21.5 Å². The number of nitrogens with two attached hydrogens (primary N) is 1. The van der Waals surface area contributed by atoms with Gasteiger partial charge in [0.05, 0.1) is 0 Å². The molecule has 2 rings (SSSR count). The van der Waals surface area contributed by atoms with Crippen molar-refractivity contribution >= 4 is 17.6 Å². The summed E-state index contributed by atoms with van der Waals surface area (Å²) in [5.74, 6) is 0.205. The van der Waals surface area contributed by atoms with E-state index in [1.807, 2.05) is 18.3 Å². The second kappa shape index (κ2) is 7.06. The number of nitrogens with one attached hydrogen (secondary N) is 2. The van der Waals surface area contributed by atoms with Crippen LogP contribution < -0.4 is 16.6 Å². The molecule has 0 saturated heterocycles. The second-order valence-electron chi connectivity index (χ2n) is 4.26. The molecule has 20 heavy (non-hydrogen) atoms. The predicted octanol–water partition coefficient (Wildman–Crippen LogP) is 1.40. The van der Waals surface area contributed by atoms with E-state index in [0.29, 0.717) is 5.16 Å². The van der Waals surface area contributed by atoms with Crippen molar-refractivity contribution in [1.29, 1.82) is 0 Å². The molecule has 0 aliphatic carbocycles. The fraction of sp³-hybridized carbons (Fsp3) is 0.308. The third-order valence-electron chi connectivity index (χ3n) is 2.49. The largest absolute Gasteiger partial charge is 0.383 e.